The number of allylic oxidation sites excluding steroid dienone is 5. The van der Waals surface area contributed by atoms with Crippen LogP contribution in [0.15, 0.2) is 121 Å². The highest BCUT2D eigenvalue weighted by Gasteiger charge is 2.37. The highest BCUT2D eigenvalue weighted by molar-refractivity contribution is 6.12. The quantitative estimate of drug-likeness (QED) is 0.240. The lowest BCUT2D eigenvalue weighted by Crippen LogP contribution is -2.17. The van der Waals surface area contributed by atoms with Gasteiger partial charge in [0.15, 0.2) is 0 Å². The molecule has 1 aliphatic carbocycles. The molecule has 1 nitrogen and oxygen atoms in total. The zero-order valence-electron chi connectivity index (χ0n) is 20.5. The molecule has 0 spiro atoms. The third-order valence-corrected chi connectivity index (χ3v) is 7.72. The number of hydrogen-bond acceptors (Lipinski definition) is 0. The predicted molar refractivity (Wildman–Crippen MR) is 151 cm³/mol. The standard InChI is InChI=1S/C34H29N/c1-5-6-14-27-23(2)34(3,4)32-29(27)21-22-30-28-15-10-11-16-31(28)35(33(30)32)26-19-17-25(18-20-26)24-12-8-7-9-13-24/h5-22H,1H2,2-4H3/b14-6-. The van der Waals surface area contributed by atoms with Crippen LogP contribution in [0.25, 0.3) is 44.2 Å². The first-order chi connectivity index (χ1) is 17.0. The number of fused-ring (bicyclic) bond motifs is 5. The zero-order valence-corrected chi connectivity index (χ0v) is 20.5. The molecule has 0 aliphatic heterocycles. The molecule has 0 saturated heterocycles. The molecule has 5 aromatic rings. The molecule has 1 aromatic heterocycles. The van der Waals surface area contributed by atoms with E-state index in [-0.39, 0.29) is 5.41 Å². The van der Waals surface area contributed by atoms with Gasteiger partial charge in [0.1, 0.15) is 0 Å². The Morgan fingerprint density at radius 3 is 2.17 bits per heavy atom. The Morgan fingerprint density at radius 2 is 1.43 bits per heavy atom. The number of aromatic nitrogens is 1. The van der Waals surface area contributed by atoms with Crippen molar-refractivity contribution in [2.24, 2.45) is 0 Å². The number of nitrogens with zero attached hydrogens (tertiary/aromatic N) is 1. The lowest BCUT2D eigenvalue weighted by molar-refractivity contribution is 0.642. The van der Waals surface area contributed by atoms with Gasteiger partial charge < -0.3 is 4.57 Å². The van der Waals surface area contributed by atoms with Gasteiger partial charge >= 0.3 is 0 Å². The fourth-order valence-electron chi connectivity index (χ4n) is 5.72. The summed E-state index contributed by atoms with van der Waals surface area (Å²) in [7, 11) is 0. The van der Waals surface area contributed by atoms with Gasteiger partial charge in [-0.05, 0) is 52.9 Å². The Labute approximate surface area is 207 Å². The van der Waals surface area contributed by atoms with E-state index >= 15 is 0 Å². The van der Waals surface area contributed by atoms with Crippen molar-refractivity contribution in [2.75, 3.05) is 0 Å². The van der Waals surface area contributed by atoms with Crippen LogP contribution in [0.3, 0.4) is 0 Å². The molecule has 0 amide bonds. The summed E-state index contributed by atoms with van der Waals surface area (Å²) < 4.78 is 2.47. The maximum atomic E-state index is 3.89. The van der Waals surface area contributed by atoms with Crippen LogP contribution < -0.4 is 0 Å². The molecular formula is C34H29N. The first-order valence-electron chi connectivity index (χ1n) is 12.3. The normalized spacial score (nSPS) is 14.8. The Bertz CT molecular complexity index is 1660. The highest BCUT2D eigenvalue weighted by atomic mass is 15.0. The second kappa shape index (κ2) is 7.99. The van der Waals surface area contributed by atoms with Gasteiger partial charge in [0.2, 0.25) is 0 Å². The average molecular weight is 452 g/mol. The van der Waals surface area contributed by atoms with Crippen LogP contribution in [0, 0.1) is 0 Å². The summed E-state index contributed by atoms with van der Waals surface area (Å²) >= 11 is 0. The topological polar surface area (TPSA) is 4.93 Å². The van der Waals surface area contributed by atoms with E-state index in [0.717, 1.165) is 0 Å². The van der Waals surface area contributed by atoms with E-state index in [9.17, 15) is 0 Å². The van der Waals surface area contributed by atoms with E-state index in [4.69, 9.17) is 0 Å². The second-order valence-corrected chi connectivity index (χ2v) is 9.91. The Kier molecular flexibility index (Phi) is 4.89. The first-order valence-corrected chi connectivity index (χ1v) is 12.3. The van der Waals surface area contributed by atoms with Crippen LogP contribution in [-0.2, 0) is 5.41 Å². The number of para-hydroxylation sites is 1. The summed E-state index contributed by atoms with van der Waals surface area (Å²) in [5, 5.41) is 2.60. The van der Waals surface area contributed by atoms with Gasteiger partial charge in [0.25, 0.3) is 0 Å². The summed E-state index contributed by atoms with van der Waals surface area (Å²) in [4.78, 5) is 0. The van der Waals surface area contributed by atoms with Crippen molar-refractivity contribution >= 4 is 27.4 Å². The molecule has 0 N–H and O–H groups in total. The SMILES string of the molecule is C=C/C=C\C1=C(C)C(C)(C)c2c1ccc1c3ccccc3n(-c3ccc(-c4ccccc4)cc3)c21. The number of rotatable bonds is 4. The largest absolute Gasteiger partial charge is 0.309 e. The lowest BCUT2D eigenvalue weighted by atomic mass is 9.81. The molecule has 1 heterocycles. The van der Waals surface area contributed by atoms with Gasteiger partial charge in [-0.2, -0.15) is 0 Å². The maximum absolute atomic E-state index is 3.89. The molecule has 0 saturated carbocycles. The molecule has 1 heteroatoms. The minimum atomic E-state index is -0.0776. The molecule has 170 valence electrons. The van der Waals surface area contributed by atoms with Crippen LogP contribution >= 0.6 is 0 Å². The van der Waals surface area contributed by atoms with E-state index in [1.807, 2.05) is 12.2 Å². The first kappa shape index (κ1) is 21.4. The Balaban J connectivity index is 1.66. The zero-order chi connectivity index (χ0) is 24.2. The summed E-state index contributed by atoms with van der Waals surface area (Å²) in [5.74, 6) is 0. The second-order valence-electron chi connectivity index (χ2n) is 9.91. The smallest absolute Gasteiger partial charge is 0.0588 e. The Hall–Kier alpha value is -4.10. The van der Waals surface area contributed by atoms with E-state index in [2.05, 4.69) is 129 Å². The Morgan fingerprint density at radius 1 is 0.743 bits per heavy atom. The molecule has 35 heavy (non-hydrogen) atoms. The minimum Gasteiger partial charge on any atom is -0.309 e. The number of hydrogen-bond donors (Lipinski definition) is 0. The monoisotopic (exact) mass is 451 g/mol. The van der Waals surface area contributed by atoms with E-state index < -0.39 is 0 Å². The molecule has 0 fully saturated rings. The fraction of sp³-hybridized carbons (Fsp3) is 0.118. The van der Waals surface area contributed by atoms with E-state index in [1.54, 1.807) is 0 Å². The van der Waals surface area contributed by atoms with Crippen molar-refractivity contribution in [3.8, 4) is 16.8 Å². The highest BCUT2D eigenvalue weighted by Crippen LogP contribution is 2.51. The van der Waals surface area contributed by atoms with E-state index in [0.29, 0.717) is 0 Å². The van der Waals surface area contributed by atoms with Gasteiger partial charge in [-0.15, -0.1) is 0 Å². The molecule has 0 bridgehead atoms. The van der Waals surface area contributed by atoms with Crippen LogP contribution in [0.2, 0.25) is 0 Å². The third kappa shape index (κ3) is 3.15. The molecule has 0 unspecified atom stereocenters. The minimum absolute atomic E-state index is 0.0776. The van der Waals surface area contributed by atoms with Crippen molar-refractivity contribution in [3.63, 3.8) is 0 Å². The van der Waals surface area contributed by atoms with Crippen molar-refractivity contribution < 1.29 is 0 Å². The third-order valence-electron chi connectivity index (χ3n) is 7.72. The van der Waals surface area contributed by atoms with Gasteiger partial charge in [-0.1, -0.05) is 117 Å². The maximum Gasteiger partial charge on any atom is 0.0588 e. The molecule has 0 atom stereocenters. The summed E-state index contributed by atoms with van der Waals surface area (Å²) in [5.41, 5.74) is 11.6. The molecule has 4 aromatic carbocycles. The van der Waals surface area contributed by atoms with Crippen LogP contribution in [-0.4, -0.2) is 4.57 Å². The van der Waals surface area contributed by atoms with Crippen LogP contribution in [0.5, 0.6) is 0 Å². The average Bonchev–Trinajstić information content (AvgIpc) is 3.32. The van der Waals surface area contributed by atoms with Crippen molar-refractivity contribution in [1.29, 1.82) is 0 Å². The molecule has 6 rings (SSSR count). The molecule has 1 aliphatic rings. The van der Waals surface area contributed by atoms with Crippen LogP contribution in [0.4, 0.5) is 0 Å². The molecular weight excluding hydrogens is 422 g/mol. The van der Waals surface area contributed by atoms with Gasteiger partial charge in [-0.3, -0.25) is 0 Å². The summed E-state index contributed by atoms with van der Waals surface area (Å²) in [6.45, 7) is 10.9. The van der Waals surface area contributed by atoms with Gasteiger partial charge in [-0.25, -0.2) is 0 Å². The predicted octanol–water partition coefficient (Wildman–Crippen LogP) is 9.26. The van der Waals surface area contributed by atoms with Crippen molar-refractivity contribution in [1.82, 2.24) is 4.57 Å². The molecule has 0 radical (unpaired) electrons. The van der Waals surface area contributed by atoms with Crippen LogP contribution in [0.1, 0.15) is 31.9 Å². The van der Waals surface area contributed by atoms with Crippen molar-refractivity contribution in [2.45, 2.75) is 26.2 Å². The van der Waals surface area contributed by atoms with Crippen molar-refractivity contribution in [3.05, 3.63) is 133 Å². The number of benzene rings is 4. The summed E-state index contributed by atoms with van der Waals surface area (Å²) in [6.07, 6.45) is 6.12. The van der Waals surface area contributed by atoms with Gasteiger partial charge in [0, 0.05) is 21.9 Å². The lowest BCUT2D eigenvalue weighted by Gasteiger charge is -2.24. The van der Waals surface area contributed by atoms with Gasteiger partial charge in [0.05, 0.1) is 11.0 Å². The fourth-order valence-corrected chi connectivity index (χ4v) is 5.72. The summed E-state index contributed by atoms with van der Waals surface area (Å²) in [6, 6.07) is 33.0. The van der Waals surface area contributed by atoms with E-state index in [1.165, 1.54) is 60.9 Å².